The maximum absolute atomic E-state index is 12.7. The molecule has 6 nitrogen and oxygen atoms in total. The lowest BCUT2D eigenvalue weighted by atomic mass is 9.88. The number of nitrogens with one attached hydrogen (secondary N) is 3. The van der Waals surface area contributed by atoms with Crippen molar-refractivity contribution in [1.29, 1.82) is 0 Å². The fourth-order valence-corrected chi connectivity index (χ4v) is 4.69. The van der Waals surface area contributed by atoms with Gasteiger partial charge in [-0.2, -0.15) is 0 Å². The van der Waals surface area contributed by atoms with Crippen LogP contribution in [0.25, 0.3) is 0 Å². The Bertz CT molecular complexity index is 770. The Morgan fingerprint density at radius 3 is 2.57 bits per heavy atom. The minimum absolute atomic E-state index is 0.0416. The summed E-state index contributed by atoms with van der Waals surface area (Å²) in [7, 11) is 0. The number of amides is 2. The van der Waals surface area contributed by atoms with Crippen LogP contribution in [-0.2, 0) is 16.0 Å². The second-order valence-corrected chi connectivity index (χ2v) is 8.44. The first-order valence-corrected chi connectivity index (χ1v) is 10.6. The average molecular weight is 383 g/mol. The maximum atomic E-state index is 12.7. The van der Waals surface area contributed by atoms with E-state index >= 15 is 0 Å². The molecule has 1 aromatic rings. The van der Waals surface area contributed by atoms with Crippen LogP contribution in [0, 0.1) is 17.8 Å². The van der Waals surface area contributed by atoms with Gasteiger partial charge in [0.15, 0.2) is 5.78 Å². The van der Waals surface area contributed by atoms with Crippen LogP contribution < -0.4 is 16.0 Å². The van der Waals surface area contributed by atoms with Gasteiger partial charge in [0.1, 0.15) is 0 Å². The SMILES string of the molecule is O=C1CCC(CCC2Cc3cc(NCC4CCNCC4)ccc3C2=O)C(=O)N1. The predicted molar refractivity (Wildman–Crippen MR) is 107 cm³/mol. The normalized spacial score (nSPS) is 25.5. The molecule has 2 saturated heterocycles. The number of hydrogen-bond donors (Lipinski definition) is 3. The molecule has 3 aliphatic rings. The van der Waals surface area contributed by atoms with Gasteiger partial charge in [-0.05, 0) is 81.3 Å². The third kappa shape index (κ3) is 4.27. The summed E-state index contributed by atoms with van der Waals surface area (Å²) in [6.45, 7) is 3.17. The maximum Gasteiger partial charge on any atom is 0.229 e. The van der Waals surface area contributed by atoms with E-state index in [-0.39, 0.29) is 29.4 Å². The molecule has 1 aliphatic carbocycles. The number of rotatable bonds is 6. The molecule has 2 atom stereocenters. The van der Waals surface area contributed by atoms with Gasteiger partial charge in [0.2, 0.25) is 11.8 Å². The first-order valence-electron chi connectivity index (χ1n) is 10.6. The number of hydrogen-bond acceptors (Lipinski definition) is 5. The van der Waals surface area contributed by atoms with Gasteiger partial charge < -0.3 is 10.6 Å². The zero-order valence-electron chi connectivity index (χ0n) is 16.3. The monoisotopic (exact) mass is 383 g/mol. The molecule has 28 heavy (non-hydrogen) atoms. The van der Waals surface area contributed by atoms with Gasteiger partial charge in [0.25, 0.3) is 0 Å². The van der Waals surface area contributed by atoms with Crippen molar-refractivity contribution in [3.8, 4) is 0 Å². The van der Waals surface area contributed by atoms with Crippen molar-refractivity contribution in [2.24, 2.45) is 17.8 Å². The lowest BCUT2D eigenvalue weighted by molar-refractivity contribution is -0.136. The van der Waals surface area contributed by atoms with Gasteiger partial charge >= 0.3 is 0 Å². The fourth-order valence-electron chi connectivity index (χ4n) is 4.69. The third-order valence-corrected chi connectivity index (χ3v) is 6.48. The Morgan fingerprint density at radius 2 is 1.79 bits per heavy atom. The van der Waals surface area contributed by atoms with Crippen LogP contribution in [0.3, 0.4) is 0 Å². The predicted octanol–water partition coefficient (Wildman–Crippen LogP) is 2.29. The Labute approximate surface area is 165 Å². The number of anilines is 1. The Hall–Kier alpha value is -2.21. The smallest absolute Gasteiger partial charge is 0.229 e. The molecule has 0 aromatic heterocycles. The summed E-state index contributed by atoms with van der Waals surface area (Å²) in [5.41, 5.74) is 3.05. The van der Waals surface area contributed by atoms with Gasteiger partial charge in [-0.1, -0.05) is 0 Å². The lowest BCUT2D eigenvalue weighted by Crippen LogP contribution is -2.40. The van der Waals surface area contributed by atoms with Crippen LogP contribution in [0.15, 0.2) is 18.2 Å². The average Bonchev–Trinajstić information content (AvgIpc) is 3.02. The zero-order valence-corrected chi connectivity index (χ0v) is 16.3. The number of carbonyl (C=O) groups is 3. The number of ketones is 1. The van der Waals surface area contributed by atoms with Crippen LogP contribution >= 0.6 is 0 Å². The highest BCUT2D eigenvalue weighted by Gasteiger charge is 2.33. The van der Waals surface area contributed by atoms with E-state index in [1.165, 1.54) is 12.8 Å². The van der Waals surface area contributed by atoms with Crippen LogP contribution in [0.4, 0.5) is 5.69 Å². The van der Waals surface area contributed by atoms with Crippen molar-refractivity contribution < 1.29 is 14.4 Å². The highest BCUT2D eigenvalue weighted by atomic mass is 16.2. The number of piperidine rings is 2. The highest BCUT2D eigenvalue weighted by Crippen LogP contribution is 2.33. The Morgan fingerprint density at radius 1 is 1.00 bits per heavy atom. The zero-order chi connectivity index (χ0) is 19.5. The second-order valence-electron chi connectivity index (χ2n) is 8.44. The van der Waals surface area contributed by atoms with Crippen molar-refractivity contribution in [3.05, 3.63) is 29.3 Å². The van der Waals surface area contributed by atoms with E-state index in [9.17, 15) is 14.4 Å². The van der Waals surface area contributed by atoms with Gasteiger partial charge in [-0.15, -0.1) is 0 Å². The lowest BCUT2D eigenvalue weighted by Gasteiger charge is -2.23. The summed E-state index contributed by atoms with van der Waals surface area (Å²) >= 11 is 0. The minimum Gasteiger partial charge on any atom is -0.385 e. The molecule has 2 fully saturated rings. The van der Waals surface area contributed by atoms with E-state index in [4.69, 9.17) is 0 Å². The summed E-state index contributed by atoms with van der Waals surface area (Å²) in [6.07, 6.45) is 5.55. The molecule has 0 bridgehead atoms. The molecule has 2 aliphatic heterocycles. The number of carbonyl (C=O) groups excluding carboxylic acids is 3. The van der Waals surface area contributed by atoms with Gasteiger partial charge in [-0.3, -0.25) is 19.7 Å². The molecule has 2 unspecified atom stereocenters. The third-order valence-electron chi connectivity index (χ3n) is 6.48. The van der Waals surface area contributed by atoms with Gasteiger partial charge in [-0.25, -0.2) is 0 Å². The molecule has 1 aromatic carbocycles. The Kier molecular flexibility index (Phi) is 5.76. The summed E-state index contributed by atoms with van der Waals surface area (Å²) in [5.74, 6) is 0.361. The van der Waals surface area contributed by atoms with Crippen LogP contribution in [-0.4, -0.2) is 37.2 Å². The molecule has 4 rings (SSSR count). The summed E-state index contributed by atoms with van der Waals surface area (Å²) in [4.78, 5) is 35.9. The van der Waals surface area contributed by atoms with Crippen molar-refractivity contribution >= 4 is 23.3 Å². The number of benzene rings is 1. The van der Waals surface area contributed by atoms with Crippen molar-refractivity contribution in [2.45, 2.75) is 44.9 Å². The fraction of sp³-hybridized carbons (Fsp3) is 0.591. The summed E-state index contributed by atoms with van der Waals surface area (Å²) in [6, 6.07) is 6.09. The molecule has 2 heterocycles. The number of fused-ring (bicyclic) bond motifs is 1. The van der Waals surface area contributed by atoms with E-state index in [0.717, 1.165) is 42.9 Å². The molecule has 6 heteroatoms. The largest absolute Gasteiger partial charge is 0.385 e. The van der Waals surface area contributed by atoms with E-state index in [0.29, 0.717) is 31.6 Å². The molecule has 150 valence electrons. The van der Waals surface area contributed by atoms with Crippen LogP contribution in [0.5, 0.6) is 0 Å². The first kappa shape index (κ1) is 19.1. The second kappa shape index (κ2) is 8.43. The van der Waals surface area contributed by atoms with Crippen LogP contribution in [0.1, 0.15) is 54.4 Å². The standard InChI is InChI=1S/C22H29N3O3/c26-20-6-3-15(22(28)25-20)1-2-16-11-17-12-18(4-5-19(17)21(16)27)24-13-14-7-9-23-10-8-14/h4-5,12,14-16,23-24H,1-3,6-11,13H2,(H,25,26,28). The molecule has 2 amide bonds. The topological polar surface area (TPSA) is 87.3 Å². The Balaban J connectivity index is 1.31. The molecule has 0 spiro atoms. The summed E-state index contributed by atoms with van der Waals surface area (Å²) < 4.78 is 0. The van der Waals surface area contributed by atoms with E-state index in [2.05, 4.69) is 22.0 Å². The number of imide groups is 1. The molecular formula is C22H29N3O3. The van der Waals surface area contributed by atoms with Crippen molar-refractivity contribution in [2.75, 3.05) is 25.0 Å². The van der Waals surface area contributed by atoms with Crippen molar-refractivity contribution in [1.82, 2.24) is 10.6 Å². The van der Waals surface area contributed by atoms with Gasteiger partial charge in [0.05, 0.1) is 0 Å². The van der Waals surface area contributed by atoms with Gasteiger partial charge in [0, 0.05) is 36.1 Å². The van der Waals surface area contributed by atoms with E-state index < -0.39 is 0 Å². The summed E-state index contributed by atoms with van der Waals surface area (Å²) in [5, 5.41) is 9.34. The van der Waals surface area contributed by atoms with Crippen LogP contribution in [0.2, 0.25) is 0 Å². The highest BCUT2D eigenvalue weighted by molar-refractivity contribution is 6.02. The molecule has 0 radical (unpaired) electrons. The van der Waals surface area contributed by atoms with E-state index in [1.54, 1.807) is 0 Å². The minimum atomic E-state index is -0.185. The molecule has 3 N–H and O–H groups in total. The quantitative estimate of drug-likeness (QED) is 0.656. The van der Waals surface area contributed by atoms with Crippen molar-refractivity contribution in [3.63, 3.8) is 0 Å². The number of Topliss-reactive ketones (excluding diaryl/α,β-unsaturated/α-hetero) is 1. The molecular weight excluding hydrogens is 354 g/mol. The van der Waals surface area contributed by atoms with E-state index in [1.807, 2.05) is 12.1 Å². The molecule has 0 saturated carbocycles. The first-order chi connectivity index (χ1) is 13.6.